The Bertz CT molecular complexity index is 1000. The average Bonchev–Trinajstić information content (AvgIpc) is 3.37. The molecule has 10 heteroatoms. The average molecular weight is 419 g/mol. The highest BCUT2D eigenvalue weighted by atomic mass is 15.4. The van der Waals surface area contributed by atoms with Crippen molar-refractivity contribution in [2.75, 3.05) is 18.4 Å². The lowest BCUT2D eigenvalue weighted by molar-refractivity contribution is 0.445. The standard InChI is InChI=1S/C19H24BN9.C2H6/c1-12-8-22-11-25-18-13(20)9-26-29(18)19(23-7-6-14(12)21)24-10-17-27-15-4-2-3-5-16(15)28-17;1-2/h2-5,9,11-12,14H,6-8,10,21H2,1H3,(H,22,25)(H,23,24)(H,27,28);1-2H3/t12?,14-;/m0./s1. The molecule has 3 aromatic rings. The van der Waals surface area contributed by atoms with Crippen molar-refractivity contribution in [3.8, 4) is 0 Å². The maximum atomic E-state index is 6.27. The molecule has 9 nitrogen and oxygen atoms in total. The second-order valence-electron chi connectivity index (χ2n) is 7.19. The fourth-order valence-corrected chi connectivity index (χ4v) is 3.18. The van der Waals surface area contributed by atoms with Crippen molar-refractivity contribution in [1.82, 2.24) is 25.1 Å². The largest absolute Gasteiger partial charge is 0.347 e. The fourth-order valence-electron chi connectivity index (χ4n) is 3.18. The number of rotatable bonds is 2. The maximum Gasteiger partial charge on any atom is 0.221 e. The van der Waals surface area contributed by atoms with E-state index in [1.165, 1.54) is 0 Å². The number of anilines is 1. The van der Waals surface area contributed by atoms with E-state index in [0.29, 0.717) is 36.9 Å². The lowest BCUT2D eigenvalue weighted by Crippen LogP contribution is -2.35. The summed E-state index contributed by atoms with van der Waals surface area (Å²) < 4.78 is 1.64. The number of aliphatic imine (C=N–C) groups is 2. The van der Waals surface area contributed by atoms with Crippen molar-refractivity contribution in [3.05, 3.63) is 36.3 Å². The molecule has 3 heterocycles. The molecular formula is C21H30BN9. The van der Waals surface area contributed by atoms with Gasteiger partial charge in [0.25, 0.3) is 0 Å². The first kappa shape index (κ1) is 22.5. The first-order chi connectivity index (χ1) is 15.1. The number of imidazole rings is 1. The van der Waals surface area contributed by atoms with Crippen LogP contribution in [-0.2, 0) is 6.54 Å². The van der Waals surface area contributed by atoms with Crippen molar-refractivity contribution in [2.45, 2.75) is 39.8 Å². The monoisotopic (exact) mass is 419 g/mol. The Balaban J connectivity index is 0.00000132. The topological polar surface area (TPSA) is 121 Å². The third-order valence-corrected chi connectivity index (χ3v) is 4.99. The van der Waals surface area contributed by atoms with Gasteiger partial charge in [-0.05, 0) is 29.9 Å². The Kier molecular flexibility index (Phi) is 7.83. The third-order valence-electron chi connectivity index (χ3n) is 4.99. The van der Waals surface area contributed by atoms with E-state index < -0.39 is 0 Å². The minimum Gasteiger partial charge on any atom is -0.347 e. The van der Waals surface area contributed by atoms with E-state index in [-0.39, 0.29) is 12.0 Å². The number of hydrogen-bond donors (Lipinski definition) is 4. The number of benzene rings is 1. The van der Waals surface area contributed by atoms with Crippen LogP contribution in [-0.4, -0.2) is 59.0 Å². The normalized spacial score (nSPS) is 19.2. The zero-order chi connectivity index (χ0) is 22.2. The van der Waals surface area contributed by atoms with Crippen LogP contribution in [0.5, 0.6) is 0 Å². The van der Waals surface area contributed by atoms with E-state index in [1.807, 2.05) is 38.1 Å². The lowest BCUT2D eigenvalue weighted by Gasteiger charge is -2.19. The molecule has 0 amide bonds. The van der Waals surface area contributed by atoms with Gasteiger partial charge in [0.05, 0.1) is 23.9 Å². The van der Waals surface area contributed by atoms with Crippen molar-refractivity contribution >= 4 is 42.5 Å². The van der Waals surface area contributed by atoms with E-state index >= 15 is 0 Å². The Morgan fingerprint density at radius 2 is 2.10 bits per heavy atom. The number of nitrogens with zero attached hydrogens (tertiary/aromatic N) is 5. The molecule has 1 aromatic carbocycles. The highest BCUT2D eigenvalue weighted by Crippen LogP contribution is 2.11. The third kappa shape index (κ3) is 5.52. The number of nitrogens with two attached hydrogens (primary N) is 1. The molecule has 2 aromatic heterocycles. The quantitative estimate of drug-likeness (QED) is 0.468. The molecule has 0 aliphatic carbocycles. The van der Waals surface area contributed by atoms with Crippen LogP contribution in [0, 0.1) is 5.92 Å². The summed E-state index contributed by atoms with van der Waals surface area (Å²) in [6.45, 7) is 7.76. The van der Waals surface area contributed by atoms with Gasteiger partial charge in [-0.3, -0.25) is 9.98 Å². The minimum atomic E-state index is 0.0223. The molecule has 2 atom stereocenters. The van der Waals surface area contributed by atoms with E-state index in [1.54, 1.807) is 17.2 Å². The number of H-pyrrole nitrogens is 1. The van der Waals surface area contributed by atoms with Crippen LogP contribution in [0.4, 0.5) is 5.82 Å². The van der Waals surface area contributed by atoms with Gasteiger partial charge in [0.1, 0.15) is 19.5 Å². The van der Waals surface area contributed by atoms with Crippen LogP contribution in [0.3, 0.4) is 0 Å². The van der Waals surface area contributed by atoms with E-state index in [2.05, 4.69) is 37.6 Å². The minimum absolute atomic E-state index is 0.0223. The Morgan fingerprint density at radius 1 is 1.29 bits per heavy atom. The zero-order valence-corrected chi connectivity index (χ0v) is 18.3. The van der Waals surface area contributed by atoms with Crippen LogP contribution in [0.1, 0.15) is 33.0 Å². The van der Waals surface area contributed by atoms with Gasteiger partial charge < -0.3 is 21.4 Å². The van der Waals surface area contributed by atoms with Crippen molar-refractivity contribution in [1.29, 1.82) is 0 Å². The predicted octanol–water partition coefficient (Wildman–Crippen LogP) is 1.38. The molecular weight excluding hydrogens is 389 g/mol. The van der Waals surface area contributed by atoms with E-state index in [4.69, 9.17) is 18.6 Å². The highest BCUT2D eigenvalue weighted by molar-refractivity contribution is 6.36. The molecule has 0 bridgehead atoms. The molecule has 1 aliphatic heterocycles. The first-order valence-electron chi connectivity index (χ1n) is 10.7. The summed E-state index contributed by atoms with van der Waals surface area (Å²) in [7, 11) is 6.08. The van der Waals surface area contributed by atoms with Gasteiger partial charge in [0, 0.05) is 25.3 Å². The van der Waals surface area contributed by atoms with Crippen molar-refractivity contribution in [3.63, 3.8) is 0 Å². The van der Waals surface area contributed by atoms with Gasteiger partial charge in [-0.15, -0.1) is 0 Å². The van der Waals surface area contributed by atoms with E-state index in [0.717, 1.165) is 23.3 Å². The van der Waals surface area contributed by atoms with Gasteiger partial charge in [0.15, 0.2) is 0 Å². The molecule has 31 heavy (non-hydrogen) atoms. The highest BCUT2D eigenvalue weighted by Gasteiger charge is 2.16. The predicted molar refractivity (Wildman–Crippen MR) is 128 cm³/mol. The van der Waals surface area contributed by atoms with Crippen LogP contribution < -0.4 is 21.8 Å². The molecule has 1 unspecified atom stereocenters. The molecule has 1 aliphatic rings. The summed E-state index contributed by atoms with van der Waals surface area (Å²) >= 11 is 0. The van der Waals surface area contributed by atoms with Crippen LogP contribution in [0.25, 0.3) is 11.0 Å². The summed E-state index contributed by atoms with van der Waals surface area (Å²) in [6, 6.07) is 7.94. The van der Waals surface area contributed by atoms with Crippen molar-refractivity contribution < 1.29 is 0 Å². The van der Waals surface area contributed by atoms with Crippen LogP contribution in [0.15, 0.2) is 40.4 Å². The SMILES string of the molecule is CC.[B]c1cnn2c1NC=NCC(C)[C@@H](N)CCN=C2NCc1nc2ccccc2[nH]1. The van der Waals surface area contributed by atoms with Gasteiger partial charge in [-0.1, -0.05) is 32.9 Å². The number of para-hydroxylation sites is 2. The molecule has 2 radical (unpaired) electrons. The smallest absolute Gasteiger partial charge is 0.221 e. The number of hydrogen-bond acceptors (Lipinski definition) is 7. The zero-order valence-electron chi connectivity index (χ0n) is 18.3. The molecule has 0 spiro atoms. The summed E-state index contributed by atoms with van der Waals surface area (Å²) in [5.74, 6) is 2.25. The fraction of sp³-hybridized carbons (Fsp3) is 0.429. The van der Waals surface area contributed by atoms with Crippen LogP contribution >= 0.6 is 0 Å². The number of aromatic amines is 1. The second kappa shape index (κ2) is 10.8. The Hall–Kier alpha value is -3.14. The van der Waals surface area contributed by atoms with E-state index in [9.17, 15) is 0 Å². The Labute approximate surface area is 184 Å². The molecule has 4 rings (SSSR count). The second-order valence-corrected chi connectivity index (χ2v) is 7.19. The van der Waals surface area contributed by atoms with Gasteiger partial charge in [0.2, 0.25) is 5.96 Å². The number of aromatic nitrogens is 4. The lowest BCUT2D eigenvalue weighted by atomic mass is 10.00. The molecule has 162 valence electrons. The summed E-state index contributed by atoms with van der Waals surface area (Å²) in [5.41, 5.74) is 8.70. The molecule has 5 N–H and O–H groups in total. The van der Waals surface area contributed by atoms with Gasteiger partial charge in [-0.25, -0.2) is 4.98 Å². The molecule has 0 saturated heterocycles. The summed E-state index contributed by atoms with van der Waals surface area (Å²) in [4.78, 5) is 17.0. The summed E-state index contributed by atoms with van der Waals surface area (Å²) in [5, 5.41) is 10.8. The molecule has 0 saturated carbocycles. The number of fused-ring (bicyclic) bond motifs is 2. The van der Waals surface area contributed by atoms with Gasteiger partial charge in [-0.2, -0.15) is 9.78 Å². The number of nitrogens with one attached hydrogen (secondary N) is 3. The maximum absolute atomic E-state index is 6.27. The Morgan fingerprint density at radius 3 is 2.90 bits per heavy atom. The molecule has 0 fully saturated rings. The van der Waals surface area contributed by atoms with Crippen LogP contribution in [0.2, 0.25) is 0 Å². The van der Waals surface area contributed by atoms with Gasteiger partial charge >= 0.3 is 0 Å². The first-order valence-corrected chi connectivity index (χ1v) is 10.7. The van der Waals surface area contributed by atoms with Crippen molar-refractivity contribution in [2.24, 2.45) is 21.6 Å². The summed E-state index contributed by atoms with van der Waals surface area (Å²) in [6.07, 6.45) is 3.97.